The highest BCUT2D eigenvalue weighted by Crippen LogP contribution is 2.18. The smallest absolute Gasteiger partial charge is 0.310 e. The fourth-order valence-corrected chi connectivity index (χ4v) is 2.76. The average molecular weight is 382 g/mol. The molecule has 0 radical (unpaired) electrons. The predicted molar refractivity (Wildman–Crippen MR) is 108 cm³/mol. The van der Waals surface area contributed by atoms with E-state index >= 15 is 0 Å². The van der Waals surface area contributed by atoms with Gasteiger partial charge in [0.15, 0.2) is 0 Å². The number of carbonyl (C=O) groups excluding carboxylic acids is 2. The molecule has 0 aliphatic carbocycles. The van der Waals surface area contributed by atoms with Crippen molar-refractivity contribution < 1.29 is 19.5 Å². The Morgan fingerprint density at radius 3 is 2.07 bits per heavy atom. The van der Waals surface area contributed by atoms with E-state index < -0.39 is 17.9 Å². The van der Waals surface area contributed by atoms with Crippen LogP contribution in [0.2, 0.25) is 0 Å². The molecule has 0 heterocycles. The van der Waals surface area contributed by atoms with Crippen LogP contribution in [0, 0.1) is 5.92 Å². The monoisotopic (exact) mass is 382 g/mol. The van der Waals surface area contributed by atoms with E-state index in [0.717, 1.165) is 5.56 Å². The molecule has 6 heteroatoms. The number of rotatable bonds is 8. The van der Waals surface area contributed by atoms with Gasteiger partial charge in [0.25, 0.3) is 0 Å². The fourth-order valence-electron chi connectivity index (χ4n) is 2.76. The van der Waals surface area contributed by atoms with Crippen LogP contribution in [0.4, 0.5) is 5.69 Å². The van der Waals surface area contributed by atoms with Gasteiger partial charge in [-0.3, -0.25) is 14.4 Å². The number of nitrogens with one attached hydrogen (secondary N) is 2. The highest BCUT2D eigenvalue weighted by molar-refractivity contribution is 5.97. The first-order valence-corrected chi connectivity index (χ1v) is 9.25. The van der Waals surface area contributed by atoms with E-state index in [1.807, 2.05) is 44.2 Å². The lowest BCUT2D eigenvalue weighted by atomic mass is 10.0. The first-order chi connectivity index (χ1) is 13.3. The Hall–Kier alpha value is -3.15. The van der Waals surface area contributed by atoms with Gasteiger partial charge in [-0.1, -0.05) is 56.3 Å². The van der Waals surface area contributed by atoms with E-state index in [4.69, 9.17) is 5.11 Å². The maximum atomic E-state index is 12.6. The second kappa shape index (κ2) is 9.69. The van der Waals surface area contributed by atoms with Gasteiger partial charge in [0, 0.05) is 5.69 Å². The van der Waals surface area contributed by atoms with E-state index in [1.54, 1.807) is 31.2 Å². The van der Waals surface area contributed by atoms with E-state index in [9.17, 15) is 14.4 Å². The van der Waals surface area contributed by atoms with Crippen LogP contribution in [0.1, 0.15) is 37.8 Å². The molecule has 0 aliphatic heterocycles. The summed E-state index contributed by atoms with van der Waals surface area (Å²) in [5, 5.41) is 14.7. The zero-order valence-corrected chi connectivity index (χ0v) is 16.3. The first-order valence-electron chi connectivity index (χ1n) is 9.25. The van der Waals surface area contributed by atoms with Gasteiger partial charge in [0.05, 0.1) is 12.3 Å². The number of carboxylic acids is 1. The van der Waals surface area contributed by atoms with Gasteiger partial charge in [-0.25, -0.2) is 0 Å². The Balaban J connectivity index is 2.00. The number of carboxylic acid groups (broad SMARTS) is 1. The van der Waals surface area contributed by atoms with Crippen molar-refractivity contribution >= 4 is 23.5 Å². The molecule has 6 nitrogen and oxygen atoms in total. The van der Waals surface area contributed by atoms with Crippen molar-refractivity contribution in [2.75, 3.05) is 5.32 Å². The summed E-state index contributed by atoms with van der Waals surface area (Å²) in [7, 11) is 0. The zero-order chi connectivity index (χ0) is 20.7. The quantitative estimate of drug-likeness (QED) is 0.653. The zero-order valence-electron chi connectivity index (χ0n) is 16.3. The molecule has 2 aromatic carbocycles. The second-order valence-corrected chi connectivity index (χ2v) is 7.12. The Labute approximate surface area is 165 Å². The molecule has 3 N–H and O–H groups in total. The third-order valence-electron chi connectivity index (χ3n) is 4.52. The van der Waals surface area contributed by atoms with Gasteiger partial charge in [-0.05, 0) is 36.1 Å². The van der Waals surface area contributed by atoms with Crippen molar-refractivity contribution in [3.8, 4) is 0 Å². The molecule has 0 bridgehead atoms. The summed E-state index contributed by atoms with van der Waals surface area (Å²) in [6.45, 7) is 5.34. The van der Waals surface area contributed by atoms with Crippen LogP contribution in [0.25, 0.3) is 0 Å². The molecule has 0 aromatic heterocycles. The topological polar surface area (TPSA) is 95.5 Å². The third kappa shape index (κ3) is 5.94. The third-order valence-corrected chi connectivity index (χ3v) is 4.52. The number of hydrogen-bond acceptors (Lipinski definition) is 3. The summed E-state index contributed by atoms with van der Waals surface area (Å²) in [6.07, 6.45) is 0.207. The average Bonchev–Trinajstić information content (AvgIpc) is 2.66. The lowest BCUT2D eigenvalue weighted by Crippen LogP contribution is -2.47. The van der Waals surface area contributed by atoms with E-state index in [2.05, 4.69) is 10.6 Å². The highest BCUT2D eigenvalue weighted by atomic mass is 16.4. The maximum Gasteiger partial charge on any atom is 0.310 e. The van der Waals surface area contributed by atoms with Crippen LogP contribution >= 0.6 is 0 Å². The molecular weight excluding hydrogens is 356 g/mol. The van der Waals surface area contributed by atoms with Crippen molar-refractivity contribution in [3.63, 3.8) is 0 Å². The fraction of sp³-hybridized carbons (Fsp3) is 0.318. The Morgan fingerprint density at radius 1 is 0.929 bits per heavy atom. The van der Waals surface area contributed by atoms with Gasteiger partial charge < -0.3 is 15.7 Å². The minimum atomic E-state index is -0.905. The normalized spacial score (nSPS) is 12.9. The van der Waals surface area contributed by atoms with Crippen LogP contribution in [-0.2, 0) is 20.8 Å². The molecule has 2 unspecified atom stereocenters. The molecule has 2 amide bonds. The summed E-state index contributed by atoms with van der Waals surface area (Å²) in [4.78, 5) is 36.0. The summed E-state index contributed by atoms with van der Waals surface area (Å²) in [5.41, 5.74) is 2.09. The molecule has 2 atom stereocenters. The van der Waals surface area contributed by atoms with Crippen LogP contribution in [0.15, 0.2) is 54.6 Å². The summed E-state index contributed by atoms with van der Waals surface area (Å²) >= 11 is 0. The highest BCUT2D eigenvalue weighted by Gasteiger charge is 2.24. The molecular formula is C22H26N2O4. The number of benzene rings is 2. The van der Waals surface area contributed by atoms with Gasteiger partial charge in [0.2, 0.25) is 11.8 Å². The number of amides is 2. The van der Waals surface area contributed by atoms with E-state index in [-0.39, 0.29) is 24.2 Å². The molecule has 2 aromatic rings. The van der Waals surface area contributed by atoms with Crippen LogP contribution in [-0.4, -0.2) is 28.9 Å². The van der Waals surface area contributed by atoms with E-state index in [0.29, 0.717) is 11.3 Å². The lowest BCUT2D eigenvalue weighted by Gasteiger charge is -2.22. The second-order valence-electron chi connectivity index (χ2n) is 7.12. The number of carbonyl (C=O) groups is 3. The maximum absolute atomic E-state index is 12.6. The van der Waals surface area contributed by atoms with E-state index in [1.165, 1.54) is 0 Å². The van der Waals surface area contributed by atoms with Gasteiger partial charge in [-0.2, -0.15) is 0 Å². The Kier molecular flexibility index (Phi) is 7.32. The molecule has 0 spiro atoms. The lowest BCUT2D eigenvalue weighted by molar-refractivity contribution is -0.138. The number of hydrogen-bond donors (Lipinski definition) is 3. The van der Waals surface area contributed by atoms with Crippen molar-refractivity contribution in [1.82, 2.24) is 5.32 Å². The van der Waals surface area contributed by atoms with Crippen molar-refractivity contribution in [1.29, 1.82) is 0 Å². The van der Waals surface area contributed by atoms with Crippen molar-refractivity contribution in [2.24, 2.45) is 5.92 Å². The standard InChI is InChI=1S/C22H26N2O4/c1-14(2)20(24-19(25)13-16-7-5-4-6-8-16)21(26)23-18-11-9-17(10-12-18)15(3)22(27)28/h4-12,14-15,20H,13H2,1-3H3,(H,23,26)(H,24,25)(H,27,28). The Morgan fingerprint density at radius 2 is 1.54 bits per heavy atom. The molecule has 0 saturated carbocycles. The van der Waals surface area contributed by atoms with Crippen LogP contribution in [0.5, 0.6) is 0 Å². The summed E-state index contributed by atoms with van der Waals surface area (Å²) in [5.74, 6) is -2.14. The Bertz CT molecular complexity index is 816. The molecule has 2 rings (SSSR count). The van der Waals surface area contributed by atoms with Crippen molar-refractivity contribution in [3.05, 3.63) is 65.7 Å². The SMILES string of the molecule is CC(C(=O)O)c1ccc(NC(=O)C(NC(=O)Cc2ccccc2)C(C)C)cc1. The number of aliphatic carboxylic acids is 1. The number of anilines is 1. The first kappa shape index (κ1) is 21.2. The molecule has 0 fully saturated rings. The van der Waals surface area contributed by atoms with Crippen LogP contribution < -0.4 is 10.6 Å². The molecule has 28 heavy (non-hydrogen) atoms. The van der Waals surface area contributed by atoms with Crippen molar-refractivity contribution in [2.45, 2.75) is 39.2 Å². The largest absolute Gasteiger partial charge is 0.481 e. The van der Waals surface area contributed by atoms with Crippen LogP contribution in [0.3, 0.4) is 0 Å². The minimum absolute atomic E-state index is 0.0916. The molecule has 0 saturated heterocycles. The summed E-state index contributed by atoms with van der Waals surface area (Å²) < 4.78 is 0. The van der Waals surface area contributed by atoms with Gasteiger partial charge >= 0.3 is 5.97 Å². The van der Waals surface area contributed by atoms with Gasteiger partial charge in [-0.15, -0.1) is 0 Å². The molecule has 0 aliphatic rings. The minimum Gasteiger partial charge on any atom is -0.481 e. The predicted octanol–water partition coefficient (Wildman–Crippen LogP) is 3.20. The summed E-state index contributed by atoms with van der Waals surface area (Å²) in [6, 6.07) is 15.3. The van der Waals surface area contributed by atoms with Gasteiger partial charge in [0.1, 0.15) is 6.04 Å². The molecule has 148 valence electrons.